The number of rotatable bonds is 6. The maximum absolute atomic E-state index is 14.5. The number of aromatic amines is 1. The Morgan fingerprint density at radius 1 is 0.929 bits per heavy atom. The third kappa shape index (κ3) is 4.12. The molecule has 0 aliphatic heterocycles. The van der Waals surface area contributed by atoms with Crippen LogP contribution >= 0.6 is 0 Å². The van der Waals surface area contributed by atoms with Crippen molar-refractivity contribution in [3.63, 3.8) is 0 Å². The quantitative estimate of drug-likeness (QED) is 0.456. The zero-order valence-corrected chi connectivity index (χ0v) is 14.9. The number of nitrogens with zero attached hydrogens (tertiary/aromatic N) is 1. The fraction of sp³-hybridized carbons (Fsp3) is 0.0455. The number of ether oxygens (including phenoxy) is 2. The molecule has 140 valence electrons. The van der Waals surface area contributed by atoms with E-state index in [9.17, 15) is 4.39 Å². The van der Waals surface area contributed by atoms with E-state index in [4.69, 9.17) is 15.2 Å². The van der Waals surface area contributed by atoms with Crippen LogP contribution in [0.2, 0.25) is 0 Å². The highest BCUT2D eigenvalue weighted by molar-refractivity contribution is 5.60. The van der Waals surface area contributed by atoms with Crippen molar-refractivity contribution < 1.29 is 13.9 Å². The monoisotopic (exact) mass is 375 g/mol. The van der Waals surface area contributed by atoms with Crippen LogP contribution in [0.25, 0.3) is 11.3 Å². The summed E-state index contributed by atoms with van der Waals surface area (Å²) in [6.45, 7) is 0.296. The number of para-hydroxylation sites is 1. The van der Waals surface area contributed by atoms with Crippen LogP contribution in [0.1, 0.15) is 5.82 Å². The number of aromatic nitrogens is 2. The lowest BCUT2D eigenvalue weighted by molar-refractivity contribution is 0.297. The van der Waals surface area contributed by atoms with Crippen molar-refractivity contribution >= 4 is 5.69 Å². The van der Waals surface area contributed by atoms with Gasteiger partial charge in [-0.15, -0.1) is 0 Å². The molecule has 0 amide bonds. The third-order valence-corrected chi connectivity index (χ3v) is 4.10. The first-order chi connectivity index (χ1) is 13.7. The van der Waals surface area contributed by atoms with Gasteiger partial charge >= 0.3 is 0 Å². The molecule has 6 heteroatoms. The molecule has 28 heavy (non-hydrogen) atoms. The third-order valence-electron chi connectivity index (χ3n) is 4.10. The highest BCUT2D eigenvalue weighted by Crippen LogP contribution is 2.29. The number of hydrogen-bond donors (Lipinski definition) is 2. The Morgan fingerprint density at radius 3 is 2.46 bits per heavy atom. The van der Waals surface area contributed by atoms with E-state index < -0.39 is 5.82 Å². The van der Waals surface area contributed by atoms with E-state index in [0.29, 0.717) is 35.1 Å². The number of nitrogen functional groups attached to an aromatic ring is 1. The Labute approximate surface area is 161 Å². The highest BCUT2D eigenvalue weighted by Gasteiger charge is 2.10. The van der Waals surface area contributed by atoms with Crippen LogP contribution in [-0.4, -0.2) is 9.97 Å². The lowest BCUT2D eigenvalue weighted by Crippen LogP contribution is -1.97. The minimum atomic E-state index is -0.467. The average Bonchev–Trinajstić information content (AvgIpc) is 3.19. The first-order valence-electron chi connectivity index (χ1n) is 8.72. The van der Waals surface area contributed by atoms with Gasteiger partial charge in [-0.2, -0.15) is 0 Å². The molecule has 0 saturated carbocycles. The molecule has 0 radical (unpaired) electrons. The molecule has 1 aromatic heterocycles. The van der Waals surface area contributed by atoms with Gasteiger partial charge in [-0.05, 0) is 54.6 Å². The molecule has 0 fully saturated rings. The molecule has 3 N–H and O–H groups in total. The normalized spacial score (nSPS) is 10.6. The molecule has 4 rings (SSSR count). The molecule has 0 aliphatic rings. The number of nitrogens with one attached hydrogen (secondary N) is 1. The zero-order valence-electron chi connectivity index (χ0n) is 14.9. The van der Waals surface area contributed by atoms with Gasteiger partial charge in [0.2, 0.25) is 0 Å². The van der Waals surface area contributed by atoms with Gasteiger partial charge in [0.1, 0.15) is 23.9 Å². The van der Waals surface area contributed by atoms with Crippen molar-refractivity contribution in [3.05, 3.63) is 90.6 Å². The predicted molar refractivity (Wildman–Crippen MR) is 106 cm³/mol. The fourth-order valence-electron chi connectivity index (χ4n) is 2.66. The Balaban J connectivity index is 1.45. The number of halogens is 1. The summed E-state index contributed by atoms with van der Waals surface area (Å²) in [6.07, 6.45) is 1.65. The second kappa shape index (κ2) is 7.84. The highest BCUT2D eigenvalue weighted by atomic mass is 19.1. The van der Waals surface area contributed by atoms with E-state index in [0.717, 1.165) is 5.75 Å². The van der Waals surface area contributed by atoms with Gasteiger partial charge in [0.15, 0.2) is 11.6 Å². The van der Waals surface area contributed by atoms with Crippen LogP contribution in [0.5, 0.6) is 17.2 Å². The fourth-order valence-corrected chi connectivity index (χ4v) is 2.66. The van der Waals surface area contributed by atoms with E-state index in [-0.39, 0.29) is 5.75 Å². The summed E-state index contributed by atoms with van der Waals surface area (Å²) in [7, 11) is 0. The SMILES string of the molecule is Nc1ccc(Oc2ccc(-c3cnc(COc4ccccc4)[nH]3)cc2F)cc1. The number of imidazole rings is 1. The number of hydrogen-bond acceptors (Lipinski definition) is 4. The molecule has 4 aromatic rings. The number of H-pyrrole nitrogens is 1. The van der Waals surface area contributed by atoms with Crippen LogP contribution in [-0.2, 0) is 6.61 Å². The first kappa shape index (κ1) is 17.6. The second-order valence-corrected chi connectivity index (χ2v) is 6.16. The van der Waals surface area contributed by atoms with Gasteiger partial charge in [-0.3, -0.25) is 0 Å². The lowest BCUT2D eigenvalue weighted by atomic mass is 10.1. The molecular weight excluding hydrogens is 357 g/mol. The summed E-state index contributed by atoms with van der Waals surface area (Å²) in [5.41, 5.74) is 7.63. The zero-order chi connectivity index (χ0) is 19.3. The van der Waals surface area contributed by atoms with Gasteiger partial charge in [0.25, 0.3) is 0 Å². The number of nitrogens with two attached hydrogens (primary N) is 1. The molecule has 0 saturated heterocycles. The maximum atomic E-state index is 14.5. The van der Waals surface area contributed by atoms with E-state index >= 15 is 0 Å². The molecule has 0 aliphatic carbocycles. The van der Waals surface area contributed by atoms with E-state index in [1.807, 2.05) is 30.3 Å². The standard InChI is InChI=1S/C22H18FN3O2/c23-19-12-15(6-11-21(19)28-18-9-7-16(24)8-10-18)20-13-25-22(26-20)14-27-17-4-2-1-3-5-17/h1-13H,14,24H2,(H,25,26). The van der Waals surface area contributed by atoms with Crippen molar-refractivity contribution in [2.75, 3.05) is 5.73 Å². The van der Waals surface area contributed by atoms with Crippen LogP contribution < -0.4 is 15.2 Å². The minimum absolute atomic E-state index is 0.140. The van der Waals surface area contributed by atoms with Crippen LogP contribution in [0.3, 0.4) is 0 Å². The van der Waals surface area contributed by atoms with Crippen LogP contribution in [0.4, 0.5) is 10.1 Å². The molecule has 1 heterocycles. The molecule has 0 spiro atoms. The van der Waals surface area contributed by atoms with E-state index in [2.05, 4.69) is 9.97 Å². The van der Waals surface area contributed by atoms with Gasteiger partial charge in [-0.1, -0.05) is 18.2 Å². The molecule has 0 atom stereocenters. The van der Waals surface area contributed by atoms with Gasteiger partial charge in [-0.25, -0.2) is 9.37 Å². The van der Waals surface area contributed by atoms with Crippen molar-refractivity contribution in [3.8, 4) is 28.5 Å². The second-order valence-electron chi connectivity index (χ2n) is 6.16. The molecule has 0 unspecified atom stereocenters. The summed E-state index contributed by atoms with van der Waals surface area (Å²) in [5.74, 6) is 1.60. The molecule has 3 aromatic carbocycles. The summed E-state index contributed by atoms with van der Waals surface area (Å²) < 4.78 is 25.7. The largest absolute Gasteiger partial charge is 0.486 e. The number of benzene rings is 3. The minimum Gasteiger partial charge on any atom is -0.486 e. The molecule has 5 nitrogen and oxygen atoms in total. The number of anilines is 1. The van der Waals surface area contributed by atoms with Crippen LogP contribution in [0, 0.1) is 5.82 Å². The Bertz CT molecular complexity index is 1060. The van der Waals surface area contributed by atoms with Gasteiger partial charge in [0.05, 0.1) is 11.9 Å². The van der Waals surface area contributed by atoms with Crippen LogP contribution in [0.15, 0.2) is 79.0 Å². The maximum Gasteiger partial charge on any atom is 0.166 e. The molecule has 0 bridgehead atoms. The van der Waals surface area contributed by atoms with Crippen molar-refractivity contribution in [2.24, 2.45) is 0 Å². The predicted octanol–water partition coefficient (Wildman–Crippen LogP) is 5.17. The average molecular weight is 375 g/mol. The lowest BCUT2D eigenvalue weighted by Gasteiger charge is -2.08. The smallest absolute Gasteiger partial charge is 0.166 e. The van der Waals surface area contributed by atoms with Gasteiger partial charge < -0.3 is 20.2 Å². The topological polar surface area (TPSA) is 73.2 Å². The summed E-state index contributed by atoms with van der Waals surface area (Å²) in [4.78, 5) is 7.43. The molecular formula is C22H18FN3O2. The Morgan fingerprint density at radius 2 is 1.71 bits per heavy atom. The summed E-state index contributed by atoms with van der Waals surface area (Å²) >= 11 is 0. The first-order valence-corrected chi connectivity index (χ1v) is 8.72. The van der Waals surface area contributed by atoms with Crippen molar-refractivity contribution in [1.29, 1.82) is 0 Å². The summed E-state index contributed by atoms with van der Waals surface area (Å²) in [6, 6.07) is 21.0. The Hall–Kier alpha value is -3.80. The van der Waals surface area contributed by atoms with Crippen molar-refractivity contribution in [1.82, 2.24) is 9.97 Å². The Kier molecular flexibility index (Phi) is 4.93. The van der Waals surface area contributed by atoms with Gasteiger partial charge in [0, 0.05) is 11.3 Å². The van der Waals surface area contributed by atoms with E-state index in [1.54, 1.807) is 42.6 Å². The van der Waals surface area contributed by atoms with Crippen molar-refractivity contribution in [2.45, 2.75) is 6.61 Å². The van der Waals surface area contributed by atoms with E-state index in [1.165, 1.54) is 6.07 Å². The summed E-state index contributed by atoms with van der Waals surface area (Å²) in [5, 5.41) is 0.